The van der Waals surface area contributed by atoms with Crippen molar-refractivity contribution in [3.8, 4) is 5.75 Å². The molecule has 0 fully saturated rings. The van der Waals surface area contributed by atoms with E-state index in [2.05, 4.69) is 5.32 Å². The summed E-state index contributed by atoms with van der Waals surface area (Å²) < 4.78 is 5.55. The van der Waals surface area contributed by atoms with Crippen LogP contribution in [0.3, 0.4) is 0 Å². The number of nitrogens with zero attached hydrogens (tertiary/aromatic N) is 1. The minimum atomic E-state index is -0.350. The van der Waals surface area contributed by atoms with Gasteiger partial charge in [-0.3, -0.25) is 19.3 Å². The molecule has 2 aromatic carbocycles. The number of benzene rings is 2. The Morgan fingerprint density at radius 1 is 1.04 bits per heavy atom. The smallest absolute Gasteiger partial charge is 0.261 e. The van der Waals surface area contributed by atoms with Crippen LogP contribution in [-0.4, -0.2) is 35.8 Å². The molecule has 0 atom stereocenters. The zero-order valence-electron chi connectivity index (χ0n) is 13.5. The molecule has 2 aliphatic heterocycles. The lowest BCUT2D eigenvalue weighted by Gasteiger charge is -2.14. The molecule has 0 aromatic heterocycles. The Labute approximate surface area is 144 Å². The predicted octanol–water partition coefficient (Wildman–Crippen LogP) is 2.25. The first kappa shape index (κ1) is 15.4. The van der Waals surface area contributed by atoms with Crippen molar-refractivity contribution in [2.75, 3.05) is 18.5 Å². The highest BCUT2D eigenvalue weighted by Crippen LogP contribution is 2.33. The number of amides is 3. The average molecular weight is 336 g/mol. The highest BCUT2D eigenvalue weighted by atomic mass is 16.5. The van der Waals surface area contributed by atoms with E-state index in [0.717, 1.165) is 16.9 Å². The first-order chi connectivity index (χ1) is 12.1. The van der Waals surface area contributed by atoms with E-state index in [1.54, 1.807) is 30.3 Å². The van der Waals surface area contributed by atoms with E-state index in [1.807, 2.05) is 12.1 Å². The zero-order chi connectivity index (χ0) is 17.4. The van der Waals surface area contributed by atoms with E-state index in [4.69, 9.17) is 4.74 Å². The Morgan fingerprint density at radius 3 is 2.48 bits per heavy atom. The van der Waals surface area contributed by atoms with E-state index in [0.29, 0.717) is 29.2 Å². The maximum Gasteiger partial charge on any atom is 0.261 e. The molecule has 2 aliphatic rings. The van der Waals surface area contributed by atoms with E-state index < -0.39 is 0 Å². The van der Waals surface area contributed by atoms with Crippen molar-refractivity contribution in [3.05, 3.63) is 59.2 Å². The molecule has 0 saturated heterocycles. The summed E-state index contributed by atoms with van der Waals surface area (Å²) in [5, 5.41) is 2.80. The molecule has 0 saturated carbocycles. The normalized spacial score (nSPS) is 15.0. The molecular formula is C19H16N2O4. The van der Waals surface area contributed by atoms with Gasteiger partial charge >= 0.3 is 0 Å². The van der Waals surface area contributed by atoms with Gasteiger partial charge in [0.05, 0.1) is 23.4 Å². The van der Waals surface area contributed by atoms with Gasteiger partial charge in [-0.1, -0.05) is 24.3 Å². The second-order valence-electron chi connectivity index (χ2n) is 6.00. The monoisotopic (exact) mass is 336 g/mol. The molecule has 0 aliphatic carbocycles. The van der Waals surface area contributed by atoms with Gasteiger partial charge in [-0.15, -0.1) is 0 Å². The highest BCUT2D eigenvalue weighted by molar-refractivity contribution is 6.21. The Balaban J connectivity index is 1.41. The van der Waals surface area contributed by atoms with Crippen LogP contribution < -0.4 is 10.1 Å². The molecule has 4 rings (SSSR count). The van der Waals surface area contributed by atoms with Gasteiger partial charge < -0.3 is 10.1 Å². The molecule has 2 heterocycles. The quantitative estimate of drug-likeness (QED) is 0.869. The van der Waals surface area contributed by atoms with Gasteiger partial charge in [0.2, 0.25) is 5.91 Å². The van der Waals surface area contributed by atoms with Crippen molar-refractivity contribution < 1.29 is 19.1 Å². The summed E-state index contributed by atoms with van der Waals surface area (Å²) in [5.74, 6) is -0.258. The summed E-state index contributed by atoms with van der Waals surface area (Å²) in [7, 11) is 0. The third-order valence-corrected chi connectivity index (χ3v) is 4.43. The van der Waals surface area contributed by atoms with E-state index in [9.17, 15) is 14.4 Å². The van der Waals surface area contributed by atoms with Gasteiger partial charge in [-0.05, 0) is 23.8 Å². The molecule has 0 unspecified atom stereocenters. The SMILES string of the molecule is O=C(CCN1C(=O)c2ccccc2C1=O)Nc1cccc2c1OCC2. The summed E-state index contributed by atoms with van der Waals surface area (Å²) in [4.78, 5) is 37.9. The second-order valence-corrected chi connectivity index (χ2v) is 6.00. The average Bonchev–Trinajstić information content (AvgIpc) is 3.19. The highest BCUT2D eigenvalue weighted by Gasteiger charge is 2.35. The fraction of sp³-hybridized carbons (Fsp3) is 0.211. The number of anilines is 1. The zero-order valence-corrected chi connectivity index (χ0v) is 13.5. The lowest BCUT2D eigenvalue weighted by Crippen LogP contribution is -2.32. The molecule has 6 heteroatoms. The molecule has 2 aromatic rings. The van der Waals surface area contributed by atoms with Crippen LogP contribution in [0.1, 0.15) is 32.7 Å². The Bertz CT molecular complexity index is 856. The molecule has 3 amide bonds. The summed E-state index contributed by atoms with van der Waals surface area (Å²) in [5.41, 5.74) is 2.48. The van der Waals surface area contributed by atoms with Crippen molar-refractivity contribution in [3.63, 3.8) is 0 Å². The maximum absolute atomic E-state index is 12.3. The van der Waals surface area contributed by atoms with Gasteiger partial charge in [0.25, 0.3) is 11.8 Å². The van der Waals surface area contributed by atoms with Gasteiger partial charge in [0.15, 0.2) is 0 Å². The van der Waals surface area contributed by atoms with Gasteiger partial charge in [0, 0.05) is 19.4 Å². The fourth-order valence-corrected chi connectivity index (χ4v) is 3.18. The van der Waals surface area contributed by atoms with E-state index in [-0.39, 0.29) is 30.7 Å². The number of para-hydroxylation sites is 1. The number of nitrogens with one attached hydrogen (secondary N) is 1. The van der Waals surface area contributed by atoms with E-state index in [1.165, 1.54) is 0 Å². The predicted molar refractivity (Wildman–Crippen MR) is 90.7 cm³/mol. The Kier molecular flexibility index (Phi) is 3.72. The van der Waals surface area contributed by atoms with Crippen molar-refractivity contribution in [2.45, 2.75) is 12.8 Å². The molecule has 0 radical (unpaired) electrons. The lowest BCUT2D eigenvalue weighted by atomic mass is 10.1. The van der Waals surface area contributed by atoms with Crippen LogP contribution in [0.25, 0.3) is 0 Å². The minimum absolute atomic E-state index is 0.0368. The number of carbonyl (C=O) groups is 3. The van der Waals surface area contributed by atoms with Crippen LogP contribution in [0.5, 0.6) is 5.75 Å². The van der Waals surface area contributed by atoms with Crippen molar-refractivity contribution in [1.82, 2.24) is 4.90 Å². The van der Waals surface area contributed by atoms with Crippen LogP contribution in [0.4, 0.5) is 5.69 Å². The molecular weight excluding hydrogens is 320 g/mol. The minimum Gasteiger partial charge on any atom is -0.491 e. The van der Waals surface area contributed by atoms with Crippen LogP contribution in [0.15, 0.2) is 42.5 Å². The van der Waals surface area contributed by atoms with Crippen molar-refractivity contribution >= 4 is 23.4 Å². The molecule has 1 N–H and O–H groups in total. The third kappa shape index (κ3) is 2.65. The molecule has 0 spiro atoms. The largest absolute Gasteiger partial charge is 0.491 e. The van der Waals surface area contributed by atoms with Crippen LogP contribution in [0, 0.1) is 0 Å². The number of carbonyl (C=O) groups excluding carboxylic acids is 3. The number of fused-ring (bicyclic) bond motifs is 2. The first-order valence-corrected chi connectivity index (χ1v) is 8.15. The van der Waals surface area contributed by atoms with Crippen LogP contribution >= 0.6 is 0 Å². The van der Waals surface area contributed by atoms with Gasteiger partial charge in [-0.2, -0.15) is 0 Å². The molecule has 0 bridgehead atoms. The summed E-state index contributed by atoms with van der Waals surface area (Å²) >= 11 is 0. The number of hydrogen-bond donors (Lipinski definition) is 1. The first-order valence-electron chi connectivity index (χ1n) is 8.15. The summed E-state index contributed by atoms with van der Waals surface area (Å²) in [6.07, 6.45) is 0.864. The number of hydrogen-bond acceptors (Lipinski definition) is 4. The molecule has 6 nitrogen and oxygen atoms in total. The molecule has 25 heavy (non-hydrogen) atoms. The maximum atomic E-state index is 12.3. The number of imide groups is 1. The fourth-order valence-electron chi connectivity index (χ4n) is 3.18. The van der Waals surface area contributed by atoms with Crippen molar-refractivity contribution in [2.24, 2.45) is 0 Å². The van der Waals surface area contributed by atoms with Gasteiger partial charge in [-0.25, -0.2) is 0 Å². The topological polar surface area (TPSA) is 75.7 Å². The number of rotatable bonds is 4. The number of ether oxygens (including phenoxy) is 1. The Morgan fingerprint density at radius 2 is 1.76 bits per heavy atom. The van der Waals surface area contributed by atoms with E-state index >= 15 is 0 Å². The Hall–Kier alpha value is -3.15. The van der Waals surface area contributed by atoms with Crippen LogP contribution in [0.2, 0.25) is 0 Å². The summed E-state index contributed by atoms with van der Waals surface area (Å²) in [6.45, 7) is 0.658. The lowest BCUT2D eigenvalue weighted by molar-refractivity contribution is -0.116. The summed E-state index contributed by atoms with van der Waals surface area (Å²) in [6, 6.07) is 12.3. The second kappa shape index (κ2) is 6.05. The van der Waals surface area contributed by atoms with Crippen molar-refractivity contribution in [1.29, 1.82) is 0 Å². The third-order valence-electron chi connectivity index (χ3n) is 4.43. The van der Waals surface area contributed by atoms with Gasteiger partial charge in [0.1, 0.15) is 5.75 Å². The molecule has 126 valence electrons. The standard InChI is InChI=1S/C19H16N2O4/c22-16(20-15-7-3-4-12-9-11-25-17(12)15)8-10-21-18(23)13-5-1-2-6-14(13)19(21)24/h1-7H,8-11H2,(H,20,22). The van der Waals surface area contributed by atoms with Crippen LogP contribution in [-0.2, 0) is 11.2 Å².